The van der Waals surface area contributed by atoms with Gasteiger partial charge in [-0.2, -0.15) is 13.2 Å². The maximum atomic E-state index is 12.6. The third kappa shape index (κ3) is 3.51. The van der Waals surface area contributed by atoms with Gasteiger partial charge in [0, 0.05) is 31.9 Å². The number of alkyl halides is 3. The lowest BCUT2D eigenvalue weighted by Crippen LogP contribution is -2.37. The van der Waals surface area contributed by atoms with E-state index in [1.165, 1.54) is 10.9 Å². The van der Waals surface area contributed by atoms with Gasteiger partial charge in [-0.3, -0.25) is 9.36 Å². The first-order chi connectivity index (χ1) is 12.9. The van der Waals surface area contributed by atoms with Gasteiger partial charge in [0.25, 0.3) is 5.56 Å². The van der Waals surface area contributed by atoms with Crippen LogP contribution in [0, 0.1) is 5.92 Å². The molecule has 0 saturated carbocycles. The third-order valence-electron chi connectivity index (χ3n) is 4.87. The molecule has 142 valence electrons. The molecule has 0 atom stereocenters. The minimum Gasteiger partial charge on any atom is -0.356 e. The Morgan fingerprint density at radius 2 is 1.96 bits per heavy atom. The summed E-state index contributed by atoms with van der Waals surface area (Å²) in [7, 11) is 0. The molecule has 1 aliphatic rings. The van der Waals surface area contributed by atoms with Gasteiger partial charge in [0.15, 0.2) is 5.69 Å². The molecule has 1 fully saturated rings. The van der Waals surface area contributed by atoms with Crippen molar-refractivity contribution in [1.29, 1.82) is 0 Å². The van der Waals surface area contributed by atoms with Crippen molar-refractivity contribution >= 4 is 16.9 Å². The molecule has 3 aromatic rings. The minimum atomic E-state index is -4.61. The van der Waals surface area contributed by atoms with Crippen LogP contribution in [0.5, 0.6) is 0 Å². The predicted molar refractivity (Wildman–Crippen MR) is 92.3 cm³/mol. The Balaban J connectivity index is 1.43. The van der Waals surface area contributed by atoms with E-state index >= 15 is 0 Å². The van der Waals surface area contributed by atoms with Gasteiger partial charge in [-0.15, -0.1) is 0 Å². The Morgan fingerprint density at radius 3 is 2.67 bits per heavy atom. The highest BCUT2D eigenvalue weighted by Gasteiger charge is 2.33. The number of hydrogen-bond donors (Lipinski definition) is 1. The lowest BCUT2D eigenvalue weighted by molar-refractivity contribution is -0.141. The molecule has 1 aliphatic heterocycles. The average Bonchev–Trinajstić information content (AvgIpc) is 3.12. The number of piperidine rings is 1. The Labute approximate surface area is 151 Å². The summed E-state index contributed by atoms with van der Waals surface area (Å²) < 4.78 is 39.1. The molecule has 0 amide bonds. The summed E-state index contributed by atoms with van der Waals surface area (Å²) in [5, 5.41) is 0.958. The zero-order valence-corrected chi connectivity index (χ0v) is 14.3. The fraction of sp³-hybridized carbons (Fsp3) is 0.412. The van der Waals surface area contributed by atoms with E-state index in [1.54, 1.807) is 0 Å². The van der Waals surface area contributed by atoms with Crippen molar-refractivity contribution in [2.75, 3.05) is 18.0 Å². The number of aromatic nitrogens is 5. The van der Waals surface area contributed by atoms with Crippen molar-refractivity contribution in [2.24, 2.45) is 5.92 Å². The van der Waals surface area contributed by atoms with Crippen LogP contribution in [0.4, 0.5) is 19.0 Å². The molecule has 1 saturated heterocycles. The second-order valence-corrected chi connectivity index (χ2v) is 6.63. The van der Waals surface area contributed by atoms with Crippen LogP contribution in [0.25, 0.3) is 11.0 Å². The fourth-order valence-corrected chi connectivity index (χ4v) is 3.43. The van der Waals surface area contributed by atoms with Crippen molar-refractivity contribution < 1.29 is 13.2 Å². The van der Waals surface area contributed by atoms with E-state index in [2.05, 4.69) is 24.8 Å². The SMILES string of the molecule is O=c1cc(C(F)(F)F)ncn1CC1CCN(c2ncnc3[nH]ccc23)CC1. The highest BCUT2D eigenvalue weighted by Crippen LogP contribution is 2.28. The van der Waals surface area contributed by atoms with Crippen LogP contribution in [-0.2, 0) is 12.7 Å². The van der Waals surface area contributed by atoms with Crippen LogP contribution < -0.4 is 10.5 Å². The number of H-pyrrole nitrogens is 1. The number of anilines is 1. The van der Waals surface area contributed by atoms with E-state index in [4.69, 9.17) is 0 Å². The summed E-state index contributed by atoms with van der Waals surface area (Å²) in [5.41, 5.74) is -1.05. The molecule has 27 heavy (non-hydrogen) atoms. The summed E-state index contributed by atoms with van der Waals surface area (Å²) in [5.74, 6) is 1.06. The molecular weight excluding hydrogens is 361 g/mol. The van der Waals surface area contributed by atoms with Crippen molar-refractivity contribution in [2.45, 2.75) is 25.6 Å². The molecule has 0 radical (unpaired) electrons. The normalized spacial score (nSPS) is 16.2. The van der Waals surface area contributed by atoms with Gasteiger partial charge in [-0.05, 0) is 24.8 Å². The molecule has 0 aliphatic carbocycles. The molecule has 7 nitrogen and oxygen atoms in total. The molecule has 10 heteroatoms. The minimum absolute atomic E-state index is 0.195. The van der Waals surface area contributed by atoms with E-state index in [9.17, 15) is 18.0 Å². The number of fused-ring (bicyclic) bond motifs is 1. The first-order valence-electron chi connectivity index (χ1n) is 8.58. The molecule has 0 spiro atoms. The Kier molecular flexibility index (Phi) is 4.33. The maximum absolute atomic E-state index is 12.6. The summed E-state index contributed by atoms with van der Waals surface area (Å²) in [4.78, 5) is 29.1. The van der Waals surface area contributed by atoms with E-state index in [0.717, 1.165) is 49.1 Å². The van der Waals surface area contributed by atoms with Crippen molar-refractivity contribution in [3.05, 3.63) is 47.0 Å². The number of hydrogen-bond acceptors (Lipinski definition) is 5. The molecular formula is C17H17F3N6O. The highest BCUT2D eigenvalue weighted by molar-refractivity contribution is 5.87. The lowest BCUT2D eigenvalue weighted by Gasteiger charge is -2.33. The average molecular weight is 378 g/mol. The van der Waals surface area contributed by atoms with Crippen LogP contribution in [-0.4, -0.2) is 37.6 Å². The molecule has 0 aromatic carbocycles. The van der Waals surface area contributed by atoms with Crippen LogP contribution in [0.2, 0.25) is 0 Å². The first-order valence-corrected chi connectivity index (χ1v) is 8.58. The molecule has 3 aromatic heterocycles. The number of rotatable bonds is 3. The Morgan fingerprint density at radius 1 is 1.19 bits per heavy atom. The molecule has 4 rings (SSSR count). The number of halogens is 3. The largest absolute Gasteiger partial charge is 0.433 e. The van der Waals surface area contributed by atoms with Gasteiger partial charge in [0.2, 0.25) is 0 Å². The van der Waals surface area contributed by atoms with E-state index < -0.39 is 17.4 Å². The quantitative estimate of drug-likeness (QED) is 0.757. The summed E-state index contributed by atoms with van der Waals surface area (Å²) in [6.45, 7) is 1.87. The monoisotopic (exact) mass is 378 g/mol. The standard InChI is InChI=1S/C17H17F3N6O/c18-17(19,20)13-7-14(27)26(10-24-13)8-11-2-5-25(6-3-11)16-12-1-4-21-15(12)22-9-23-16/h1,4,7,9-11H,2-3,5-6,8H2,(H,21,22,23). The van der Waals surface area contributed by atoms with Gasteiger partial charge >= 0.3 is 6.18 Å². The van der Waals surface area contributed by atoms with Crippen molar-refractivity contribution in [3.8, 4) is 0 Å². The van der Waals surface area contributed by atoms with Gasteiger partial charge < -0.3 is 9.88 Å². The molecule has 0 bridgehead atoms. The van der Waals surface area contributed by atoms with E-state index in [0.29, 0.717) is 12.6 Å². The van der Waals surface area contributed by atoms with Crippen LogP contribution in [0.3, 0.4) is 0 Å². The summed E-state index contributed by atoms with van der Waals surface area (Å²) in [6.07, 6.45) is 1.34. The molecule has 4 heterocycles. The van der Waals surface area contributed by atoms with Crippen molar-refractivity contribution in [3.63, 3.8) is 0 Å². The first kappa shape index (κ1) is 17.5. The zero-order valence-electron chi connectivity index (χ0n) is 14.3. The molecule has 1 N–H and O–H groups in total. The number of aromatic amines is 1. The van der Waals surface area contributed by atoms with Crippen molar-refractivity contribution in [1.82, 2.24) is 24.5 Å². The third-order valence-corrected chi connectivity index (χ3v) is 4.87. The lowest BCUT2D eigenvalue weighted by atomic mass is 9.96. The second-order valence-electron chi connectivity index (χ2n) is 6.63. The maximum Gasteiger partial charge on any atom is 0.433 e. The predicted octanol–water partition coefficient (Wildman–Crippen LogP) is 2.45. The highest BCUT2D eigenvalue weighted by atomic mass is 19.4. The Bertz CT molecular complexity index is 1000. The second kappa shape index (κ2) is 6.67. The van der Waals surface area contributed by atoms with Crippen LogP contribution in [0.15, 0.2) is 35.8 Å². The van der Waals surface area contributed by atoms with E-state index in [1.807, 2.05) is 12.3 Å². The molecule has 0 unspecified atom stereocenters. The summed E-state index contributed by atoms with van der Waals surface area (Å²) >= 11 is 0. The Hall–Kier alpha value is -2.91. The topological polar surface area (TPSA) is 79.7 Å². The van der Waals surface area contributed by atoms with Gasteiger partial charge in [-0.25, -0.2) is 15.0 Å². The zero-order chi connectivity index (χ0) is 19.0. The van der Waals surface area contributed by atoms with Crippen LogP contribution in [0.1, 0.15) is 18.5 Å². The fourth-order valence-electron chi connectivity index (χ4n) is 3.43. The number of nitrogens with zero attached hydrogens (tertiary/aromatic N) is 5. The van der Waals surface area contributed by atoms with E-state index in [-0.39, 0.29) is 5.92 Å². The van der Waals surface area contributed by atoms with Gasteiger partial charge in [-0.1, -0.05) is 0 Å². The number of nitrogens with one attached hydrogen (secondary N) is 1. The van der Waals surface area contributed by atoms with Crippen LogP contribution >= 0.6 is 0 Å². The smallest absolute Gasteiger partial charge is 0.356 e. The van der Waals surface area contributed by atoms with Gasteiger partial charge in [0.05, 0.1) is 11.7 Å². The van der Waals surface area contributed by atoms with Gasteiger partial charge in [0.1, 0.15) is 17.8 Å². The summed E-state index contributed by atoms with van der Waals surface area (Å²) in [6, 6.07) is 2.49.